The van der Waals surface area contributed by atoms with Gasteiger partial charge in [-0.3, -0.25) is 14.3 Å². The molecule has 6 nitrogen and oxygen atoms in total. The van der Waals surface area contributed by atoms with Gasteiger partial charge in [0.05, 0.1) is 0 Å². The molecule has 2 heterocycles. The monoisotopic (exact) mass is 298 g/mol. The van der Waals surface area contributed by atoms with Gasteiger partial charge in [0.15, 0.2) is 5.82 Å². The summed E-state index contributed by atoms with van der Waals surface area (Å²) in [7, 11) is 1.79. The summed E-state index contributed by atoms with van der Waals surface area (Å²) in [6, 6.07) is 9.51. The van der Waals surface area contributed by atoms with E-state index in [2.05, 4.69) is 15.7 Å². The highest BCUT2D eigenvalue weighted by atomic mass is 16.2. The molecule has 1 atom stereocenters. The highest BCUT2D eigenvalue weighted by Crippen LogP contribution is 2.27. The van der Waals surface area contributed by atoms with Gasteiger partial charge in [0.2, 0.25) is 11.8 Å². The molecule has 22 heavy (non-hydrogen) atoms. The summed E-state index contributed by atoms with van der Waals surface area (Å²) in [5.74, 6) is 0.241. The van der Waals surface area contributed by atoms with Crippen molar-refractivity contribution >= 4 is 23.3 Å². The van der Waals surface area contributed by atoms with Gasteiger partial charge in [0, 0.05) is 37.3 Å². The number of fused-ring (bicyclic) bond motifs is 1. The first kappa shape index (κ1) is 14.3. The average Bonchev–Trinajstić information content (AvgIpc) is 2.90. The number of hydrogen-bond acceptors (Lipinski definition) is 3. The topological polar surface area (TPSA) is 76.0 Å². The molecule has 1 aromatic carbocycles. The molecular weight excluding hydrogens is 280 g/mol. The first-order chi connectivity index (χ1) is 10.6. The van der Waals surface area contributed by atoms with Crippen molar-refractivity contribution in [1.82, 2.24) is 9.78 Å². The number of nitrogens with zero attached hydrogens (tertiary/aromatic N) is 2. The van der Waals surface area contributed by atoms with E-state index >= 15 is 0 Å². The molecule has 0 spiro atoms. The molecule has 0 fully saturated rings. The third-order valence-electron chi connectivity index (χ3n) is 3.81. The Morgan fingerprint density at radius 2 is 2.23 bits per heavy atom. The number of rotatable bonds is 4. The van der Waals surface area contributed by atoms with Crippen LogP contribution in [0.3, 0.4) is 0 Å². The van der Waals surface area contributed by atoms with Crippen LogP contribution in [0.4, 0.5) is 11.5 Å². The lowest BCUT2D eigenvalue weighted by molar-refractivity contribution is -0.121. The van der Waals surface area contributed by atoms with Gasteiger partial charge >= 0.3 is 0 Å². The lowest BCUT2D eigenvalue weighted by Crippen LogP contribution is -2.30. The van der Waals surface area contributed by atoms with Crippen LogP contribution < -0.4 is 10.6 Å². The van der Waals surface area contributed by atoms with Crippen molar-refractivity contribution in [2.24, 2.45) is 13.0 Å². The van der Waals surface area contributed by atoms with Gasteiger partial charge in [-0.15, -0.1) is 0 Å². The van der Waals surface area contributed by atoms with Crippen LogP contribution >= 0.6 is 0 Å². The molecule has 2 amide bonds. The Morgan fingerprint density at radius 3 is 3.00 bits per heavy atom. The number of amides is 2. The summed E-state index contributed by atoms with van der Waals surface area (Å²) < 4.78 is 1.63. The predicted octanol–water partition coefficient (Wildman–Crippen LogP) is 1.95. The molecule has 1 aliphatic heterocycles. The lowest BCUT2D eigenvalue weighted by atomic mass is 9.89. The first-order valence-corrected chi connectivity index (χ1v) is 7.30. The van der Waals surface area contributed by atoms with Crippen LogP contribution in [-0.2, 0) is 23.1 Å². The fraction of sp³-hybridized carbons (Fsp3) is 0.312. The fourth-order valence-corrected chi connectivity index (χ4v) is 2.64. The maximum atomic E-state index is 12.1. The normalized spacial score (nSPS) is 16.8. The van der Waals surface area contributed by atoms with Crippen LogP contribution in [0, 0.1) is 5.92 Å². The molecule has 0 saturated carbocycles. The van der Waals surface area contributed by atoms with Gasteiger partial charge in [-0.05, 0) is 24.5 Å². The number of carbonyl (C=O) groups excluding carboxylic acids is 2. The number of hydrogen-bond donors (Lipinski definition) is 2. The Bertz CT molecular complexity index is 708. The summed E-state index contributed by atoms with van der Waals surface area (Å²) in [6.07, 6.45) is 3.27. The van der Waals surface area contributed by atoms with Gasteiger partial charge in [-0.2, -0.15) is 5.10 Å². The quantitative estimate of drug-likeness (QED) is 0.906. The number of anilines is 2. The molecule has 114 valence electrons. The van der Waals surface area contributed by atoms with E-state index < -0.39 is 0 Å². The van der Waals surface area contributed by atoms with Gasteiger partial charge in [0.1, 0.15) is 0 Å². The Morgan fingerprint density at radius 1 is 1.41 bits per heavy atom. The molecule has 1 aromatic heterocycles. The Hall–Kier alpha value is -2.63. The minimum Gasteiger partial charge on any atom is -0.326 e. The Labute approximate surface area is 128 Å². The Balaban J connectivity index is 1.55. The SMILES string of the molecule is Cn1ccc(NC(=O)CC[C@H]2Cc3ccccc3NC2=O)n1. The lowest BCUT2D eigenvalue weighted by Gasteiger charge is -2.24. The van der Waals surface area contributed by atoms with Gasteiger partial charge in [0.25, 0.3) is 0 Å². The molecule has 0 unspecified atom stereocenters. The molecule has 0 bridgehead atoms. The number of aromatic nitrogens is 2. The standard InChI is InChI=1S/C16H18N4O2/c1-20-9-8-14(19-20)18-15(21)7-6-12-10-11-4-2-3-5-13(11)17-16(12)22/h2-5,8-9,12H,6-7,10H2,1H3,(H,17,22)(H,18,19,21)/t12-/m0/s1. The number of nitrogens with one attached hydrogen (secondary N) is 2. The first-order valence-electron chi connectivity index (χ1n) is 7.30. The van der Waals surface area contributed by atoms with Gasteiger partial charge in [-0.25, -0.2) is 0 Å². The van der Waals surface area contributed by atoms with Crippen molar-refractivity contribution in [3.63, 3.8) is 0 Å². The van der Waals surface area contributed by atoms with E-state index in [0.29, 0.717) is 25.1 Å². The zero-order chi connectivity index (χ0) is 15.5. The van der Waals surface area contributed by atoms with Crippen molar-refractivity contribution in [2.45, 2.75) is 19.3 Å². The second kappa shape index (κ2) is 6.01. The minimum atomic E-state index is -0.163. The molecule has 0 aliphatic carbocycles. The zero-order valence-electron chi connectivity index (χ0n) is 12.4. The maximum Gasteiger partial charge on any atom is 0.227 e. The minimum absolute atomic E-state index is 0.00987. The summed E-state index contributed by atoms with van der Waals surface area (Å²) in [5.41, 5.74) is 2.00. The van der Waals surface area contributed by atoms with Gasteiger partial charge in [-0.1, -0.05) is 18.2 Å². The van der Waals surface area contributed by atoms with Crippen molar-refractivity contribution in [1.29, 1.82) is 0 Å². The second-order valence-corrected chi connectivity index (χ2v) is 5.51. The number of para-hydroxylation sites is 1. The molecule has 3 rings (SSSR count). The summed E-state index contributed by atoms with van der Waals surface area (Å²) in [6.45, 7) is 0. The molecule has 2 N–H and O–H groups in total. The Kier molecular flexibility index (Phi) is 3.91. The average molecular weight is 298 g/mol. The van der Waals surface area contributed by atoms with Crippen LogP contribution in [-0.4, -0.2) is 21.6 Å². The van der Waals surface area contributed by atoms with E-state index in [-0.39, 0.29) is 17.7 Å². The summed E-state index contributed by atoms with van der Waals surface area (Å²) in [5, 5.41) is 9.73. The summed E-state index contributed by atoms with van der Waals surface area (Å²) in [4.78, 5) is 24.0. The number of aryl methyl sites for hydroxylation is 1. The predicted molar refractivity (Wildman–Crippen MR) is 83.3 cm³/mol. The van der Waals surface area contributed by atoms with Crippen molar-refractivity contribution in [3.05, 3.63) is 42.1 Å². The van der Waals surface area contributed by atoms with E-state index in [4.69, 9.17) is 0 Å². The number of carbonyl (C=O) groups is 2. The molecule has 0 saturated heterocycles. The van der Waals surface area contributed by atoms with Crippen molar-refractivity contribution in [2.75, 3.05) is 10.6 Å². The van der Waals surface area contributed by atoms with Crippen LogP contribution in [0.15, 0.2) is 36.5 Å². The van der Waals surface area contributed by atoms with E-state index in [9.17, 15) is 9.59 Å². The van der Waals surface area contributed by atoms with Crippen LogP contribution in [0.2, 0.25) is 0 Å². The molecule has 1 aliphatic rings. The highest BCUT2D eigenvalue weighted by molar-refractivity contribution is 5.96. The second-order valence-electron chi connectivity index (χ2n) is 5.51. The van der Waals surface area contributed by atoms with Crippen molar-refractivity contribution in [3.8, 4) is 0 Å². The molecule has 2 aromatic rings. The molecule has 0 radical (unpaired) electrons. The smallest absolute Gasteiger partial charge is 0.227 e. The van der Waals surface area contributed by atoms with Crippen LogP contribution in [0.25, 0.3) is 0 Å². The highest BCUT2D eigenvalue weighted by Gasteiger charge is 2.26. The van der Waals surface area contributed by atoms with E-state index in [1.165, 1.54) is 0 Å². The van der Waals surface area contributed by atoms with Crippen LogP contribution in [0.1, 0.15) is 18.4 Å². The fourth-order valence-electron chi connectivity index (χ4n) is 2.64. The maximum absolute atomic E-state index is 12.1. The summed E-state index contributed by atoms with van der Waals surface area (Å²) >= 11 is 0. The third kappa shape index (κ3) is 3.16. The molecular formula is C16H18N4O2. The van der Waals surface area contributed by atoms with E-state index in [1.807, 2.05) is 24.3 Å². The van der Waals surface area contributed by atoms with Crippen molar-refractivity contribution < 1.29 is 9.59 Å². The van der Waals surface area contributed by atoms with E-state index in [1.54, 1.807) is 24.0 Å². The van der Waals surface area contributed by atoms with Crippen LogP contribution in [0.5, 0.6) is 0 Å². The molecule has 6 heteroatoms. The zero-order valence-corrected chi connectivity index (χ0v) is 12.4. The van der Waals surface area contributed by atoms with Gasteiger partial charge < -0.3 is 10.6 Å². The third-order valence-corrected chi connectivity index (χ3v) is 3.81. The van der Waals surface area contributed by atoms with E-state index in [0.717, 1.165) is 11.3 Å². The largest absolute Gasteiger partial charge is 0.326 e. The number of benzene rings is 1.